The molecule has 0 fully saturated rings. The zero-order chi connectivity index (χ0) is 31.8. The zero-order valence-corrected chi connectivity index (χ0v) is 18.6. The van der Waals surface area contributed by atoms with Crippen LogP contribution in [0, 0.1) is 0 Å². The number of hydrogen-bond donors (Lipinski definition) is 1. The fraction of sp³-hybridized carbons (Fsp3) is 0.611. The van der Waals surface area contributed by atoms with Gasteiger partial charge in [-0.05, 0) is 19.1 Å². The van der Waals surface area contributed by atoms with E-state index in [1.165, 1.54) is 0 Å². The van der Waals surface area contributed by atoms with Crippen LogP contribution in [-0.2, 0) is 0 Å². The fourth-order valence-electron chi connectivity index (χ4n) is 3.20. The Hall–Kier alpha value is -2.94. The highest BCUT2D eigenvalue weighted by Gasteiger charge is 2.96. The van der Waals surface area contributed by atoms with E-state index in [0.717, 1.165) is 12.3 Å². The maximum absolute atomic E-state index is 14.9. The second-order valence-corrected chi connectivity index (χ2v) is 8.21. The third-order valence-electron chi connectivity index (χ3n) is 5.45. The molecule has 1 aromatic heterocycles. The van der Waals surface area contributed by atoms with Crippen LogP contribution in [0.15, 0.2) is 29.6 Å². The van der Waals surface area contributed by atoms with Crippen molar-refractivity contribution in [2.75, 3.05) is 0 Å². The highest BCUT2D eigenvalue weighted by Crippen LogP contribution is 2.65. The quantitative estimate of drug-likeness (QED) is 0.362. The highest BCUT2D eigenvalue weighted by molar-refractivity contribution is 5.97. The van der Waals surface area contributed by atoms with Gasteiger partial charge in [-0.15, -0.1) is 0 Å². The molecular formula is C18H10F17N3O2. The Balaban J connectivity index is 2.70. The van der Waals surface area contributed by atoms with Crippen molar-refractivity contribution in [3.8, 4) is 0 Å². The lowest BCUT2D eigenvalue weighted by Gasteiger charge is -2.46. The van der Waals surface area contributed by atoms with Crippen LogP contribution in [0.25, 0.3) is 0 Å². The van der Waals surface area contributed by atoms with Crippen LogP contribution in [0.5, 0.6) is 0 Å². The molecule has 5 nitrogen and oxygen atoms in total. The van der Waals surface area contributed by atoms with Crippen molar-refractivity contribution in [3.63, 3.8) is 0 Å². The standard InChI is InChI=1S/C18H10F17N3O2/c1-7-5-10(40,38(37-7)9(39)8-3-2-4-36-6-8)11(19,20)12(21,22)13(23,24)14(25,26)15(27,28)16(29,30)17(31,32)18(33,34)35/h2-4,6,40H,5H2,1H3. The Morgan fingerprint density at radius 2 is 1.20 bits per heavy atom. The van der Waals surface area contributed by atoms with Gasteiger partial charge in [0.15, 0.2) is 0 Å². The van der Waals surface area contributed by atoms with Crippen LogP contribution in [-0.4, -0.2) is 80.1 Å². The molecule has 0 saturated carbocycles. The lowest BCUT2D eigenvalue weighted by Crippen LogP contribution is -2.77. The van der Waals surface area contributed by atoms with E-state index in [9.17, 15) is 84.5 Å². The van der Waals surface area contributed by atoms with Crippen molar-refractivity contribution in [1.29, 1.82) is 0 Å². The van der Waals surface area contributed by atoms with E-state index in [1.807, 2.05) is 0 Å². The van der Waals surface area contributed by atoms with Crippen molar-refractivity contribution in [2.45, 2.75) is 66.7 Å². The van der Waals surface area contributed by atoms with E-state index in [1.54, 1.807) is 0 Å². The normalized spacial score (nSPS) is 20.6. The van der Waals surface area contributed by atoms with Gasteiger partial charge < -0.3 is 5.11 Å². The summed E-state index contributed by atoms with van der Waals surface area (Å²) < 4.78 is 231. The molecule has 2 heterocycles. The van der Waals surface area contributed by atoms with E-state index < -0.39 is 82.0 Å². The number of aromatic nitrogens is 1. The van der Waals surface area contributed by atoms with E-state index in [0.29, 0.717) is 19.2 Å². The van der Waals surface area contributed by atoms with Gasteiger partial charge in [0.1, 0.15) is 0 Å². The molecule has 1 aliphatic rings. The molecular weight excluding hydrogens is 613 g/mol. The van der Waals surface area contributed by atoms with Gasteiger partial charge in [0.25, 0.3) is 5.91 Å². The summed E-state index contributed by atoms with van der Waals surface area (Å²) in [6, 6.07) is 1.57. The summed E-state index contributed by atoms with van der Waals surface area (Å²) in [6.45, 7) is 0.566. The molecule has 2 rings (SSSR count). The number of halogens is 17. The van der Waals surface area contributed by atoms with E-state index in [-0.39, 0.29) is 0 Å². The molecule has 22 heteroatoms. The van der Waals surface area contributed by atoms with Crippen molar-refractivity contribution in [1.82, 2.24) is 9.99 Å². The van der Waals surface area contributed by atoms with Gasteiger partial charge in [-0.1, -0.05) is 0 Å². The maximum atomic E-state index is 14.9. The molecule has 0 bridgehead atoms. The first-order valence-electron chi connectivity index (χ1n) is 9.73. The Morgan fingerprint density at radius 3 is 1.60 bits per heavy atom. The van der Waals surface area contributed by atoms with Gasteiger partial charge in [-0.3, -0.25) is 9.78 Å². The minimum absolute atomic E-state index is 0.494. The third kappa shape index (κ3) is 4.06. The van der Waals surface area contributed by atoms with Crippen LogP contribution in [0.1, 0.15) is 23.7 Å². The summed E-state index contributed by atoms with van der Waals surface area (Å²) in [4.78, 5) is 15.7. The summed E-state index contributed by atoms with van der Waals surface area (Å²) in [5.74, 6) is -60.8. The lowest BCUT2D eigenvalue weighted by atomic mass is 9.84. The third-order valence-corrected chi connectivity index (χ3v) is 5.45. The number of alkyl halides is 17. The summed E-state index contributed by atoms with van der Waals surface area (Å²) in [5.41, 5.74) is -7.07. The van der Waals surface area contributed by atoms with Crippen LogP contribution in [0.3, 0.4) is 0 Å². The predicted molar refractivity (Wildman–Crippen MR) is 93.8 cm³/mol. The minimum atomic E-state index is -8.83. The first-order chi connectivity index (χ1) is 17.5. The van der Waals surface area contributed by atoms with E-state index >= 15 is 0 Å². The average Bonchev–Trinajstić information content (AvgIpc) is 3.13. The molecule has 1 atom stereocenters. The molecule has 40 heavy (non-hydrogen) atoms. The molecule has 0 spiro atoms. The van der Waals surface area contributed by atoms with Crippen LogP contribution < -0.4 is 0 Å². The first kappa shape index (κ1) is 33.3. The first-order valence-corrected chi connectivity index (χ1v) is 9.73. The minimum Gasteiger partial charge on any atom is -0.364 e. The van der Waals surface area contributed by atoms with E-state index in [4.69, 9.17) is 0 Å². The fourth-order valence-corrected chi connectivity index (χ4v) is 3.20. The SMILES string of the molecule is CC1=NN(C(=O)c2cccnc2)C(O)(C(F)(F)C(F)(F)C(F)(F)C(F)(F)C(F)(F)C(F)(F)C(F)(F)C(F)(F)F)C1. The largest absolute Gasteiger partial charge is 0.460 e. The van der Waals surface area contributed by atoms with Gasteiger partial charge in [-0.2, -0.15) is 84.7 Å². The lowest BCUT2D eigenvalue weighted by molar-refractivity contribution is -0.469. The van der Waals surface area contributed by atoms with E-state index in [2.05, 4.69) is 10.1 Å². The number of carbonyl (C=O) groups is 1. The highest BCUT2D eigenvalue weighted by atomic mass is 19.4. The summed E-state index contributed by atoms with van der Waals surface area (Å²) >= 11 is 0. The van der Waals surface area contributed by atoms with Crippen molar-refractivity contribution < 1.29 is 84.5 Å². The number of nitrogens with zero attached hydrogens (tertiary/aromatic N) is 3. The molecule has 1 amide bonds. The summed E-state index contributed by atoms with van der Waals surface area (Å²) in [5, 5.41) is 12.0. The monoisotopic (exact) mass is 623 g/mol. The molecule has 1 aromatic rings. The number of rotatable bonds is 8. The second-order valence-electron chi connectivity index (χ2n) is 8.21. The summed E-state index contributed by atoms with van der Waals surface area (Å²) in [7, 11) is 0. The van der Waals surface area contributed by atoms with Crippen molar-refractivity contribution in [3.05, 3.63) is 30.1 Å². The molecule has 0 radical (unpaired) electrons. The van der Waals surface area contributed by atoms with Crippen LogP contribution in [0.2, 0.25) is 0 Å². The van der Waals surface area contributed by atoms with Gasteiger partial charge in [0.05, 0.1) is 5.56 Å². The van der Waals surface area contributed by atoms with Crippen LogP contribution in [0.4, 0.5) is 74.6 Å². The number of aliphatic hydroxyl groups is 1. The molecule has 1 unspecified atom stereocenters. The molecule has 0 aromatic carbocycles. The molecule has 1 aliphatic heterocycles. The van der Waals surface area contributed by atoms with Gasteiger partial charge in [0.2, 0.25) is 5.72 Å². The molecule has 1 N–H and O–H groups in total. The Kier molecular flexibility index (Phi) is 7.51. The Labute approximate surface area is 209 Å². The van der Waals surface area contributed by atoms with Gasteiger partial charge in [0, 0.05) is 24.5 Å². The van der Waals surface area contributed by atoms with Crippen molar-refractivity contribution in [2.24, 2.45) is 5.10 Å². The maximum Gasteiger partial charge on any atom is 0.460 e. The Bertz CT molecular complexity index is 1170. The summed E-state index contributed by atoms with van der Waals surface area (Å²) in [6.07, 6.45) is -8.56. The number of hydrazone groups is 1. The smallest absolute Gasteiger partial charge is 0.364 e. The van der Waals surface area contributed by atoms with Gasteiger partial charge >= 0.3 is 47.6 Å². The number of amides is 1. The Morgan fingerprint density at radius 1 is 0.775 bits per heavy atom. The van der Waals surface area contributed by atoms with Crippen molar-refractivity contribution >= 4 is 11.6 Å². The molecule has 0 aliphatic carbocycles. The predicted octanol–water partition coefficient (Wildman–Crippen LogP) is 6.00. The zero-order valence-electron chi connectivity index (χ0n) is 18.6. The number of hydrogen-bond acceptors (Lipinski definition) is 4. The number of pyridine rings is 1. The topological polar surface area (TPSA) is 65.8 Å². The van der Waals surface area contributed by atoms with Gasteiger partial charge in [-0.25, -0.2) is 0 Å². The van der Waals surface area contributed by atoms with Crippen LogP contribution >= 0.6 is 0 Å². The second kappa shape index (κ2) is 9.03. The number of carbonyl (C=O) groups excluding carboxylic acids is 1. The molecule has 0 saturated heterocycles. The molecule has 228 valence electrons. The average molecular weight is 623 g/mol.